The predicted octanol–water partition coefficient (Wildman–Crippen LogP) is -0.141. The Morgan fingerprint density at radius 1 is 1.07 bits per heavy atom. The second kappa shape index (κ2) is 8.05. The summed E-state index contributed by atoms with van der Waals surface area (Å²) < 4.78 is 0. The summed E-state index contributed by atoms with van der Waals surface area (Å²) in [5.74, 6) is 0.582. The second-order valence-electron chi connectivity index (χ2n) is 4.79. The molecule has 0 aromatic heterocycles. The fourth-order valence-electron chi connectivity index (χ4n) is 1.47. The Labute approximate surface area is 93.5 Å². The molecule has 0 rings (SSSR count). The van der Waals surface area contributed by atoms with Gasteiger partial charge in [-0.15, -0.1) is 0 Å². The normalized spacial score (nSPS) is 14.2. The van der Waals surface area contributed by atoms with E-state index in [0.717, 1.165) is 19.6 Å². The van der Waals surface area contributed by atoms with E-state index in [1.807, 2.05) is 14.1 Å². The van der Waals surface area contributed by atoms with E-state index < -0.39 is 6.10 Å². The van der Waals surface area contributed by atoms with Gasteiger partial charge in [-0.05, 0) is 20.0 Å². The molecule has 0 spiro atoms. The maximum atomic E-state index is 9.40. The van der Waals surface area contributed by atoms with Crippen LogP contribution in [0.15, 0.2) is 0 Å². The first-order chi connectivity index (χ1) is 6.95. The zero-order valence-corrected chi connectivity index (χ0v) is 10.5. The second-order valence-corrected chi connectivity index (χ2v) is 4.79. The molecule has 0 amide bonds. The standard InChI is InChI=1S/C11H26N2O2/c1-10(2)7-13(6-5-12(3)4)8-11(15)9-14/h10-11,14-15H,5-9H2,1-4H3. The first kappa shape index (κ1) is 14.8. The van der Waals surface area contributed by atoms with Gasteiger partial charge in [-0.2, -0.15) is 0 Å². The number of likely N-dealkylation sites (N-methyl/N-ethyl adjacent to an activating group) is 1. The van der Waals surface area contributed by atoms with Crippen molar-refractivity contribution in [2.24, 2.45) is 5.92 Å². The SMILES string of the molecule is CC(C)CN(CCN(C)C)CC(O)CO. The van der Waals surface area contributed by atoms with Crippen molar-refractivity contribution in [1.82, 2.24) is 9.80 Å². The van der Waals surface area contributed by atoms with Crippen molar-refractivity contribution < 1.29 is 10.2 Å². The van der Waals surface area contributed by atoms with Gasteiger partial charge >= 0.3 is 0 Å². The number of aliphatic hydroxyl groups excluding tert-OH is 2. The molecule has 0 aliphatic rings. The van der Waals surface area contributed by atoms with Crippen LogP contribution in [0.2, 0.25) is 0 Å². The van der Waals surface area contributed by atoms with E-state index in [2.05, 4.69) is 23.6 Å². The molecule has 0 aromatic rings. The molecule has 1 unspecified atom stereocenters. The van der Waals surface area contributed by atoms with E-state index in [4.69, 9.17) is 5.11 Å². The van der Waals surface area contributed by atoms with Crippen LogP contribution < -0.4 is 0 Å². The molecule has 15 heavy (non-hydrogen) atoms. The maximum absolute atomic E-state index is 9.40. The molecule has 0 radical (unpaired) electrons. The first-order valence-electron chi connectivity index (χ1n) is 5.61. The summed E-state index contributed by atoms with van der Waals surface area (Å²) >= 11 is 0. The molecule has 0 aliphatic carbocycles. The van der Waals surface area contributed by atoms with Crippen molar-refractivity contribution in [1.29, 1.82) is 0 Å². The summed E-state index contributed by atoms with van der Waals surface area (Å²) in [5.41, 5.74) is 0. The van der Waals surface area contributed by atoms with E-state index in [0.29, 0.717) is 12.5 Å². The molecule has 2 N–H and O–H groups in total. The molecule has 0 heterocycles. The van der Waals surface area contributed by atoms with Crippen LogP contribution in [0.4, 0.5) is 0 Å². The molecule has 0 saturated carbocycles. The molecule has 0 aromatic carbocycles. The minimum absolute atomic E-state index is 0.156. The lowest BCUT2D eigenvalue weighted by atomic mass is 10.2. The van der Waals surface area contributed by atoms with Crippen LogP contribution >= 0.6 is 0 Å². The topological polar surface area (TPSA) is 46.9 Å². The van der Waals surface area contributed by atoms with Gasteiger partial charge in [0.05, 0.1) is 12.7 Å². The minimum atomic E-state index is -0.620. The third-order valence-electron chi connectivity index (χ3n) is 2.17. The molecule has 4 heteroatoms. The summed E-state index contributed by atoms with van der Waals surface area (Å²) in [6.07, 6.45) is -0.620. The molecule has 92 valence electrons. The van der Waals surface area contributed by atoms with Gasteiger partial charge in [0.15, 0.2) is 0 Å². The van der Waals surface area contributed by atoms with E-state index in [-0.39, 0.29) is 6.61 Å². The molecule has 1 atom stereocenters. The lowest BCUT2D eigenvalue weighted by Gasteiger charge is -2.27. The highest BCUT2D eigenvalue weighted by atomic mass is 16.3. The fraction of sp³-hybridized carbons (Fsp3) is 1.00. The third-order valence-corrected chi connectivity index (χ3v) is 2.17. The summed E-state index contributed by atoms with van der Waals surface area (Å²) in [7, 11) is 4.08. The smallest absolute Gasteiger partial charge is 0.0897 e. The van der Waals surface area contributed by atoms with Crippen LogP contribution in [-0.2, 0) is 0 Å². The maximum Gasteiger partial charge on any atom is 0.0897 e. The van der Waals surface area contributed by atoms with Gasteiger partial charge in [0.2, 0.25) is 0 Å². The molecule has 0 saturated heterocycles. The number of hydrogen-bond donors (Lipinski definition) is 2. The lowest BCUT2D eigenvalue weighted by molar-refractivity contribution is 0.0536. The summed E-state index contributed by atoms with van der Waals surface area (Å²) in [4.78, 5) is 4.32. The van der Waals surface area contributed by atoms with Crippen molar-refractivity contribution in [3.05, 3.63) is 0 Å². The van der Waals surface area contributed by atoms with Gasteiger partial charge in [0.25, 0.3) is 0 Å². The first-order valence-corrected chi connectivity index (χ1v) is 5.61. The zero-order chi connectivity index (χ0) is 11.8. The third kappa shape index (κ3) is 8.81. The highest BCUT2D eigenvalue weighted by molar-refractivity contribution is 4.66. The Bertz CT molecular complexity index is 152. The molecule has 0 fully saturated rings. The van der Waals surface area contributed by atoms with Crippen LogP contribution in [0, 0.1) is 5.92 Å². The monoisotopic (exact) mass is 218 g/mol. The fourth-order valence-corrected chi connectivity index (χ4v) is 1.47. The Balaban J connectivity index is 3.94. The lowest BCUT2D eigenvalue weighted by Crippen LogP contribution is -2.40. The van der Waals surface area contributed by atoms with Crippen molar-refractivity contribution in [3.63, 3.8) is 0 Å². The zero-order valence-electron chi connectivity index (χ0n) is 10.5. The minimum Gasteiger partial charge on any atom is -0.394 e. The van der Waals surface area contributed by atoms with E-state index in [9.17, 15) is 5.11 Å². The van der Waals surface area contributed by atoms with E-state index in [1.165, 1.54) is 0 Å². The van der Waals surface area contributed by atoms with Crippen molar-refractivity contribution in [3.8, 4) is 0 Å². The largest absolute Gasteiger partial charge is 0.394 e. The highest BCUT2D eigenvalue weighted by Gasteiger charge is 2.12. The Hall–Kier alpha value is -0.160. The Kier molecular flexibility index (Phi) is 7.96. The van der Waals surface area contributed by atoms with Crippen LogP contribution in [0.1, 0.15) is 13.8 Å². The van der Waals surface area contributed by atoms with Gasteiger partial charge in [-0.1, -0.05) is 13.8 Å². The van der Waals surface area contributed by atoms with Gasteiger partial charge in [-0.3, -0.25) is 4.90 Å². The molecule has 0 bridgehead atoms. The summed E-state index contributed by atoms with van der Waals surface area (Å²) in [6, 6.07) is 0. The van der Waals surface area contributed by atoms with Crippen molar-refractivity contribution in [2.45, 2.75) is 20.0 Å². The van der Waals surface area contributed by atoms with Crippen LogP contribution in [-0.4, -0.2) is 73.0 Å². The van der Waals surface area contributed by atoms with E-state index in [1.54, 1.807) is 0 Å². The van der Waals surface area contributed by atoms with E-state index >= 15 is 0 Å². The van der Waals surface area contributed by atoms with Gasteiger partial charge < -0.3 is 15.1 Å². The average Bonchev–Trinajstić information content (AvgIpc) is 2.13. The van der Waals surface area contributed by atoms with Crippen LogP contribution in [0.25, 0.3) is 0 Å². The van der Waals surface area contributed by atoms with Crippen LogP contribution in [0.3, 0.4) is 0 Å². The number of hydrogen-bond acceptors (Lipinski definition) is 4. The molecule has 0 aliphatic heterocycles. The Morgan fingerprint density at radius 3 is 2.07 bits per heavy atom. The van der Waals surface area contributed by atoms with Crippen LogP contribution in [0.5, 0.6) is 0 Å². The van der Waals surface area contributed by atoms with Gasteiger partial charge in [0, 0.05) is 26.2 Å². The number of nitrogens with zero attached hydrogens (tertiary/aromatic N) is 2. The number of aliphatic hydroxyl groups is 2. The quantitative estimate of drug-likeness (QED) is 0.595. The van der Waals surface area contributed by atoms with Crippen molar-refractivity contribution in [2.75, 3.05) is 46.9 Å². The predicted molar refractivity (Wildman–Crippen MR) is 62.9 cm³/mol. The average molecular weight is 218 g/mol. The summed E-state index contributed by atoms with van der Waals surface area (Å²) in [6.45, 7) is 7.60. The molecular formula is C11H26N2O2. The van der Waals surface area contributed by atoms with Gasteiger partial charge in [-0.25, -0.2) is 0 Å². The highest BCUT2D eigenvalue weighted by Crippen LogP contribution is 2.00. The number of rotatable bonds is 8. The van der Waals surface area contributed by atoms with Crippen molar-refractivity contribution >= 4 is 0 Å². The Morgan fingerprint density at radius 2 is 1.67 bits per heavy atom. The molecular weight excluding hydrogens is 192 g/mol. The molecule has 4 nitrogen and oxygen atoms in total. The summed E-state index contributed by atoms with van der Waals surface area (Å²) in [5, 5.41) is 18.2. The van der Waals surface area contributed by atoms with Gasteiger partial charge in [0.1, 0.15) is 0 Å².